The Kier molecular flexibility index (Phi) is 4.05. The van der Waals surface area contributed by atoms with Crippen LogP contribution in [0.4, 0.5) is 0 Å². The minimum Gasteiger partial charge on any atom is -0.0850 e. The summed E-state index contributed by atoms with van der Waals surface area (Å²) >= 11 is 0. The van der Waals surface area contributed by atoms with Crippen LogP contribution in [-0.4, -0.2) is 0 Å². The summed E-state index contributed by atoms with van der Waals surface area (Å²) in [5.74, 6) is 3.24. The number of allylic oxidation sites excluding steroid dienone is 6. The highest BCUT2D eigenvalue weighted by Gasteiger charge is 2.24. The van der Waals surface area contributed by atoms with E-state index < -0.39 is 0 Å². The lowest BCUT2D eigenvalue weighted by Gasteiger charge is -1.98. The molecule has 6 rings (SSSR count). The molecule has 21 heavy (non-hydrogen) atoms. The van der Waals surface area contributed by atoms with E-state index in [0.29, 0.717) is 0 Å². The molecule has 0 aromatic rings. The van der Waals surface area contributed by atoms with Crippen LogP contribution in [0, 0.1) is 17.8 Å². The van der Waals surface area contributed by atoms with Crippen molar-refractivity contribution in [2.24, 2.45) is 17.8 Å². The van der Waals surface area contributed by atoms with E-state index in [-0.39, 0.29) is 0 Å². The van der Waals surface area contributed by atoms with Gasteiger partial charge in [-0.05, 0) is 94.8 Å². The SMILES string of the molecule is C1=C2CCC(C1)C2.C1=C2CCC(C1)C2.C1=C2CCC(C1)C2. The first-order valence-corrected chi connectivity index (χ1v) is 9.39. The lowest BCUT2D eigenvalue weighted by Crippen LogP contribution is -1.85. The minimum atomic E-state index is 1.08. The van der Waals surface area contributed by atoms with Crippen LogP contribution in [0.15, 0.2) is 34.9 Å². The van der Waals surface area contributed by atoms with Gasteiger partial charge in [0.25, 0.3) is 0 Å². The molecule has 6 aliphatic carbocycles. The molecule has 3 saturated carbocycles. The summed E-state index contributed by atoms with van der Waals surface area (Å²) in [4.78, 5) is 0. The lowest BCUT2D eigenvalue weighted by molar-refractivity contribution is 0.576. The van der Waals surface area contributed by atoms with E-state index >= 15 is 0 Å². The molecule has 6 aliphatic rings. The summed E-state index contributed by atoms with van der Waals surface area (Å²) in [6, 6.07) is 0. The van der Waals surface area contributed by atoms with Gasteiger partial charge in [0, 0.05) is 0 Å². The molecule has 0 radical (unpaired) electrons. The molecule has 3 unspecified atom stereocenters. The van der Waals surface area contributed by atoms with Crippen LogP contribution in [0.1, 0.15) is 77.0 Å². The summed E-state index contributed by atoms with van der Waals surface area (Å²) in [6.45, 7) is 0. The maximum Gasteiger partial charge on any atom is -0.0289 e. The summed E-state index contributed by atoms with van der Waals surface area (Å²) in [7, 11) is 0. The average molecular weight is 282 g/mol. The molecule has 0 aliphatic heterocycles. The molecule has 0 heterocycles. The maximum atomic E-state index is 2.42. The Bertz CT molecular complexity index is 405. The van der Waals surface area contributed by atoms with Crippen molar-refractivity contribution < 1.29 is 0 Å². The molecule has 114 valence electrons. The van der Waals surface area contributed by atoms with Gasteiger partial charge in [-0.3, -0.25) is 0 Å². The summed E-state index contributed by atoms with van der Waals surface area (Å²) in [6.07, 6.45) is 24.5. The molecule has 0 amide bonds. The second-order valence-corrected chi connectivity index (χ2v) is 8.12. The first kappa shape index (κ1) is 13.9. The Hall–Kier alpha value is -0.780. The number of fused-ring (bicyclic) bond motifs is 6. The van der Waals surface area contributed by atoms with Crippen molar-refractivity contribution in [1.29, 1.82) is 0 Å². The molecular weight excluding hydrogens is 252 g/mol. The predicted molar refractivity (Wildman–Crippen MR) is 90.1 cm³/mol. The zero-order chi connectivity index (χ0) is 14.1. The topological polar surface area (TPSA) is 0 Å². The van der Waals surface area contributed by atoms with Crippen molar-refractivity contribution in [2.75, 3.05) is 0 Å². The smallest absolute Gasteiger partial charge is 0.0289 e. The largest absolute Gasteiger partial charge is 0.0850 e. The highest BCUT2D eigenvalue weighted by Crippen LogP contribution is 2.40. The molecule has 0 aromatic heterocycles. The van der Waals surface area contributed by atoms with E-state index in [1.54, 1.807) is 16.7 Å². The zero-order valence-corrected chi connectivity index (χ0v) is 13.4. The van der Waals surface area contributed by atoms with E-state index in [4.69, 9.17) is 0 Å². The van der Waals surface area contributed by atoms with Crippen LogP contribution in [0.5, 0.6) is 0 Å². The van der Waals surface area contributed by atoms with Gasteiger partial charge < -0.3 is 0 Å². The molecular formula is C21H30. The second kappa shape index (κ2) is 6.15. The quantitative estimate of drug-likeness (QED) is 0.454. The van der Waals surface area contributed by atoms with E-state index in [9.17, 15) is 0 Å². The molecule has 6 bridgehead atoms. The standard InChI is InChI=1S/3C7H10/c3*1-2-7-4-3-6(1)5-7/h3*1,7H,2-5H2. The molecule has 3 fully saturated rings. The van der Waals surface area contributed by atoms with Crippen molar-refractivity contribution in [3.05, 3.63) is 34.9 Å². The molecule has 0 saturated heterocycles. The van der Waals surface area contributed by atoms with Gasteiger partial charge in [-0.2, -0.15) is 0 Å². The van der Waals surface area contributed by atoms with Gasteiger partial charge in [-0.1, -0.05) is 34.9 Å². The zero-order valence-electron chi connectivity index (χ0n) is 13.4. The monoisotopic (exact) mass is 282 g/mol. The van der Waals surface area contributed by atoms with E-state index in [1.165, 1.54) is 77.0 Å². The molecule has 0 heteroatoms. The fourth-order valence-electron chi connectivity index (χ4n) is 5.05. The van der Waals surface area contributed by atoms with Crippen LogP contribution >= 0.6 is 0 Å². The highest BCUT2D eigenvalue weighted by molar-refractivity contribution is 5.16. The van der Waals surface area contributed by atoms with Crippen LogP contribution in [-0.2, 0) is 0 Å². The van der Waals surface area contributed by atoms with Gasteiger partial charge >= 0.3 is 0 Å². The minimum absolute atomic E-state index is 1.08. The lowest BCUT2D eigenvalue weighted by atomic mass is 10.1. The molecule has 0 nitrogen and oxygen atoms in total. The van der Waals surface area contributed by atoms with Crippen LogP contribution in [0.3, 0.4) is 0 Å². The summed E-state index contributed by atoms with van der Waals surface area (Å²) in [5.41, 5.74) is 5.22. The van der Waals surface area contributed by atoms with Crippen molar-refractivity contribution >= 4 is 0 Å². The summed E-state index contributed by atoms with van der Waals surface area (Å²) in [5, 5.41) is 0. The van der Waals surface area contributed by atoms with Gasteiger partial charge in [0.15, 0.2) is 0 Å². The molecule has 0 N–H and O–H groups in total. The fraction of sp³-hybridized carbons (Fsp3) is 0.714. The molecule has 0 spiro atoms. The Labute approximate surface area is 130 Å². The Balaban J connectivity index is 0.0000000823. The maximum absolute atomic E-state index is 2.42. The second-order valence-electron chi connectivity index (χ2n) is 8.12. The third kappa shape index (κ3) is 3.35. The number of hydrogen-bond acceptors (Lipinski definition) is 0. The normalized spacial score (nSPS) is 36.6. The third-order valence-corrected chi connectivity index (χ3v) is 6.49. The van der Waals surface area contributed by atoms with Crippen molar-refractivity contribution in [2.45, 2.75) is 77.0 Å². The van der Waals surface area contributed by atoms with Gasteiger partial charge in [0.2, 0.25) is 0 Å². The first-order valence-electron chi connectivity index (χ1n) is 9.39. The van der Waals surface area contributed by atoms with Crippen LogP contribution < -0.4 is 0 Å². The van der Waals surface area contributed by atoms with Gasteiger partial charge in [0.1, 0.15) is 0 Å². The Morgan fingerprint density at radius 1 is 0.524 bits per heavy atom. The molecule has 3 atom stereocenters. The van der Waals surface area contributed by atoms with E-state index in [2.05, 4.69) is 18.2 Å². The Morgan fingerprint density at radius 3 is 0.905 bits per heavy atom. The van der Waals surface area contributed by atoms with Gasteiger partial charge in [-0.15, -0.1) is 0 Å². The van der Waals surface area contributed by atoms with Crippen LogP contribution in [0.25, 0.3) is 0 Å². The predicted octanol–water partition coefficient (Wildman–Crippen LogP) is 6.35. The number of rotatable bonds is 0. The average Bonchev–Trinajstić information content (AvgIpc) is 3.39. The summed E-state index contributed by atoms with van der Waals surface area (Å²) < 4.78 is 0. The van der Waals surface area contributed by atoms with E-state index in [0.717, 1.165) is 17.8 Å². The van der Waals surface area contributed by atoms with Gasteiger partial charge in [-0.25, -0.2) is 0 Å². The van der Waals surface area contributed by atoms with Gasteiger partial charge in [0.05, 0.1) is 0 Å². The first-order chi connectivity index (χ1) is 10.3. The van der Waals surface area contributed by atoms with Crippen molar-refractivity contribution in [3.8, 4) is 0 Å². The van der Waals surface area contributed by atoms with Crippen molar-refractivity contribution in [3.63, 3.8) is 0 Å². The number of hydrogen-bond donors (Lipinski definition) is 0. The fourth-order valence-corrected chi connectivity index (χ4v) is 5.05. The van der Waals surface area contributed by atoms with Crippen molar-refractivity contribution in [1.82, 2.24) is 0 Å². The van der Waals surface area contributed by atoms with E-state index in [1.807, 2.05) is 0 Å². The highest BCUT2D eigenvalue weighted by atomic mass is 14.3. The Morgan fingerprint density at radius 2 is 0.857 bits per heavy atom. The van der Waals surface area contributed by atoms with Crippen LogP contribution in [0.2, 0.25) is 0 Å². The third-order valence-electron chi connectivity index (χ3n) is 6.49. The molecule has 0 aromatic carbocycles.